The molecule has 4 nitrogen and oxygen atoms in total. The Morgan fingerprint density at radius 2 is 1.92 bits per heavy atom. The minimum Gasteiger partial charge on any atom is -0.465 e. The molecule has 1 aromatic heterocycles. The second-order valence-electron chi connectivity index (χ2n) is 5.91. The minimum absolute atomic E-state index is 0.371. The van der Waals surface area contributed by atoms with Crippen LogP contribution in [0.3, 0.4) is 0 Å². The summed E-state index contributed by atoms with van der Waals surface area (Å²) in [4.78, 5) is 15.8. The minimum atomic E-state index is -0.371. The van der Waals surface area contributed by atoms with E-state index in [2.05, 4.69) is 50.8 Å². The lowest BCUT2D eigenvalue weighted by Gasteiger charge is -2.19. The number of methoxy groups -OCH3 is 1. The lowest BCUT2D eigenvalue weighted by atomic mass is 9.95. The summed E-state index contributed by atoms with van der Waals surface area (Å²) in [5, 5.41) is 0.527. The molecule has 0 saturated heterocycles. The molecule has 2 rings (SSSR count). The van der Waals surface area contributed by atoms with Crippen LogP contribution in [-0.2, 0) is 11.3 Å². The van der Waals surface area contributed by atoms with Crippen LogP contribution in [-0.4, -0.2) is 31.1 Å². The topological polar surface area (TPSA) is 55.6 Å². The van der Waals surface area contributed by atoms with Gasteiger partial charge in [0.2, 0.25) is 0 Å². The highest BCUT2D eigenvalue weighted by Gasteiger charge is 2.25. The molecule has 0 aliphatic heterocycles. The molecule has 0 saturated carbocycles. The Bertz CT molecular complexity index is 733. The second-order valence-corrected chi connectivity index (χ2v) is 7.05. The van der Waals surface area contributed by atoms with E-state index in [0.29, 0.717) is 10.6 Å². The summed E-state index contributed by atoms with van der Waals surface area (Å²) in [6, 6.07) is 6.27. The van der Waals surface area contributed by atoms with Crippen molar-refractivity contribution in [3.05, 3.63) is 39.8 Å². The van der Waals surface area contributed by atoms with Crippen molar-refractivity contribution < 1.29 is 9.53 Å². The van der Waals surface area contributed by atoms with Crippen molar-refractivity contribution in [2.75, 3.05) is 25.9 Å². The normalized spacial score (nSPS) is 11.1. The van der Waals surface area contributed by atoms with Crippen LogP contribution in [0.5, 0.6) is 0 Å². The van der Waals surface area contributed by atoms with Gasteiger partial charge in [-0.2, -0.15) is 0 Å². The van der Waals surface area contributed by atoms with Crippen molar-refractivity contribution in [3.8, 4) is 11.1 Å². The number of nitrogens with zero attached hydrogens (tertiary/aromatic N) is 1. The van der Waals surface area contributed by atoms with Crippen molar-refractivity contribution in [2.45, 2.75) is 34.2 Å². The van der Waals surface area contributed by atoms with Crippen LogP contribution in [0.4, 0.5) is 5.00 Å². The van der Waals surface area contributed by atoms with E-state index in [4.69, 9.17) is 10.5 Å². The molecule has 130 valence electrons. The van der Waals surface area contributed by atoms with Gasteiger partial charge in [0.1, 0.15) is 10.6 Å². The Morgan fingerprint density at radius 3 is 2.46 bits per heavy atom. The average Bonchev–Trinajstić information content (AvgIpc) is 2.87. The first-order valence-corrected chi connectivity index (χ1v) is 9.03. The van der Waals surface area contributed by atoms with Gasteiger partial charge in [0.15, 0.2) is 0 Å². The van der Waals surface area contributed by atoms with Crippen LogP contribution in [0.2, 0.25) is 0 Å². The monoisotopic (exact) mass is 346 g/mol. The summed E-state index contributed by atoms with van der Waals surface area (Å²) in [7, 11) is 1.40. The lowest BCUT2D eigenvalue weighted by Crippen LogP contribution is -2.22. The first-order chi connectivity index (χ1) is 11.4. The molecule has 0 aliphatic rings. The number of carbonyl (C=O) groups is 1. The maximum absolute atomic E-state index is 12.3. The highest BCUT2D eigenvalue weighted by Crippen LogP contribution is 2.41. The molecule has 0 amide bonds. The van der Waals surface area contributed by atoms with E-state index in [-0.39, 0.29) is 5.97 Å². The summed E-state index contributed by atoms with van der Waals surface area (Å²) >= 11 is 1.49. The summed E-state index contributed by atoms with van der Waals surface area (Å²) in [6.45, 7) is 11.1. The standard InChI is InChI=1S/C19H26N2O2S/c1-6-21(7-2)11-15-16(14-9-8-12(3)10-13(14)4)17(18(20)24-15)19(22)23-5/h8-10H,6-7,11,20H2,1-5H3. The molecular weight excluding hydrogens is 320 g/mol. The number of benzene rings is 1. The number of ether oxygens (including phenoxy) is 1. The first-order valence-electron chi connectivity index (χ1n) is 8.22. The zero-order chi connectivity index (χ0) is 17.9. The molecule has 0 unspecified atom stereocenters. The number of aryl methyl sites for hydroxylation is 2. The van der Waals surface area contributed by atoms with Gasteiger partial charge in [0.05, 0.1) is 7.11 Å². The fraction of sp³-hybridized carbons (Fsp3) is 0.421. The van der Waals surface area contributed by atoms with Gasteiger partial charge in [-0.3, -0.25) is 4.90 Å². The maximum atomic E-state index is 12.3. The Morgan fingerprint density at radius 1 is 1.25 bits per heavy atom. The quantitative estimate of drug-likeness (QED) is 0.795. The third kappa shape index (κ3) is 3.62. The summed E-state index contributed by atoms with van der Waals surface area (Å²) in [5.41, 5.74) is 11.0. The van der Waals surface area contributed by atoms with Crippen molar-refractivity contribution in [1.82, 2.24) is 4.90 Å². The first kappa shape index (κ1) is 18.5. The molecule has 0 atom stereocenters. The van der Waals surface area contributed by atoms with E-state index in [0.717, 1.165) is 41.2 Å². The maximum Gasteiger partial charge on any atom is 0.341 e. The van der Waals surface area contributed by atoms with E-state index in [1.807, 2.05) is 0 Å². The summed E-state index contributed by atoms with van der Waals surface area (Å²) < 4.78 is 4.99. The largest absolute Gasteiger partial charge is 0.465 e. The van der Waals surface area contributed by atoms with E-state index in [9.17, 15) is 4.79 Å². The molecule has 1 aromatic carbocycles. The molecule has 24 heavy (non-hydrogen) atoms. The molecule has 0 fully saturated rings. The third-order valence-electron chi connectivity index (χ3n) is 4.31. The van der Waals surface area contributed by atoms with Crippen LogP contribution < -0.4 is 5.73 Å². The Kier molecular flexibility index (Phi) is 6.02. The summed E-state index contributed by atoms with van der Waals surface area (Å²) in [5.74, 6) is -0.371. The number of rotatable bonds is 6. The van der Waals surface area contributed by atoms with Crippen molar-refractivity contribution in [2.24, 2.45) is 0 Å². The molecule has 5 heteroatoms. The predicted molar refractivity (Wildman–Crippen MR) is 102 cm³/mol. The van der Waals surface area contributed by atoms with Gasteiger partial charge in [-0.15, -0.1) is 11.3 Å². The number of nitrogens with two attached hydrogens (primary N) is 1. The lowest BCUT2D eigenvalue weighted by molar-refractivity contribution is 0.0603. The van der Waals surface area contributed by atoms with E-state index in [1.54, 1.807) is 0 Å². The highest BCUT2D eigenvalue weighted by atomic mass is 32.1. The number of hydrogen-bond acceptors (Lipinski definition) is 5. The molecule has 1 heterocycles. The molecule has 2 N–H and O–H groups in total. The smallest absolute Gasteiger partial charge is 0.341 e. The fourth-order valence-electron chi connectivity index (χ4n) is 2.94. The second kappa shape index (κ2) is 7.81. The Hall–Kier alpha value is -1.85. The number of nitrogen functional groups attached to an aromatic ring is 1. The van der Waals surface area contributed by atoms with Crippen molar-refractivity contribution >= 4 is 22.3 Å². The van der Waals surface area contributed by atoms with Crippen LogP contribution in [0.1, 0.15) is 40.2 Å². The molecule has 0 aliphatic carbocycles. The van der Waals surface area contributed by atoms with Crippen molar-refractivity contribution in [3.63, 3.8) is 0 Å². The van der Waals surface area contributed by atoms with Gasteiger partial charge in [0, 0.05) is 17.0 Å². The number of anilines is 1. The average molecular weight is 346 g/mol. The van der Waals surface area contributed by atoms with Gasteiger partial charge >= 0.3 is 5.97 Å². The van der Waals surface area contributed by atoms with Gasteiger partial charge < -0.3 is 10.5 Å². The van der Waals surface area contributed by atoms with Crippen molar-refractivity contribution in [1.29, 1.82) is 0 Å². The Balaban J connectivity index is 2.66. The number of hydrogen-bond donors (Lipinski definition) is 1. The van der Waals surface area contributed by atoms with Gasteiger partial charge in [-0.25, -0.2) is 4.79 Å². The van der Waals surface area contributed by atoms with E-state index < -0.39 is 0 Å². The zero-order valence-corrected chi connectivity index (χ0v) is 15.9. The number of carbonyl (C=O) groups excluding carboxylic acids is 1. The molecule has 0 spiro atoms. The third-order valence-corrected chi connectivity index (χ3v) is 5.31. The number of thiophene rings is 1. The van der Waals surface area contributed by atoms with Crippen LogP contribution in [0.15, 0.2) is 18.2 Å². The highest BCUT2D eigenvalue weighted by molar-refractivity contribution is 7.17. The fourth-order valence-corrected chi connectivity index (χ4v) is 4.06. The van der Waals surface area contributed by atoms with Gasteiger partial charge in [0.25, 0.3) is 0 Å². The van der Waals surface area contributed by atoms with E-state index >= 15 is 0 Å². The van der Waals surface area contributed by atoms with Gasteiger partial charge in [-0.05, 0) is 38.1 Å². The zero-order valence-electron chi connectivity index (χ0n) is 15.1. The summed E-state index contributed by atoms with van der Waals surface area (Å²) in [6.07, 6.45) is 0. The SMILES string of the molecule is CCN(CC)Cc1sc(N)c(C(=O)OC)c1-c1ccc(C)cc1C. The van der Waals surface area contributed by atoms with E-state index in [1.165, 1.54) is 24.0 Å². The predicted octanol–water partition coefficient (Wildman–Crippen LogP) is 4.24. The molecule has 0 bridgehead atoms. The number of esters is 1. The Labute approximate surface area is 148 Å². The molecule has 0 radical (unpaired) electrons. The van der Waals surface area contributed by atoms with Crippen LogP contribution in [0, 0.1) is 13.8 Å². The molecular formula is C19H26N2O2S. The van der Waals surface area contributed by atoms with Gasteiger partial charge in [-0.1, -0.05) is 37.6 Å². The van der Waals surface area contributed by atoms with Crippen LogP contribution >= 0.6 is 11.3 Å². The molecule has 2 aromatic rings. The van der Waals surface area contributed by atoms with Crippen LogP contribution in [0.25, 0.3) is 11.1 Å².